The smallest absolute Gasteiger partial charge is 0.308 e. The van der Waals surface area contributed by atoms with Gasteiger partial charge in [-0.1, -0.05) is 32.4 Å². The molecule has 1 unspecified atom stereocenters. The lowest BCUT2D eigenvalue weighted by atomic mass is 10.1. The number of anilines is 1. The maximum absolute atomic E-state index is 10.8. The van der Waals surface area contributed by atoms with E-state index in [1.54, 1.807) is 6.92 Å². The highest BCUT2D eigenvalue weighted by atomic mass is 16.4. The molecule has 0 radical (unpaired) electrons. The van der Waals surface area contributed by atoms with Crippen molar-refractivity contribution >= 4 is 11.7 Å². The maximum Gasteiger partial charge on any atom is 0.308 e. The maximum atomic E-state index is 10.8. The molecule has 1 aromatic rings. The topological polar surface area (TPSA) is 40.5 Å². The van der Waals surface area contributed by atoms with Gasteiger partial charge in [0.15, 0.2) is 0 Å². The molecule has 0 saturated carbocycles. The summed E-state index contributed by atoms with van der Waals surface area (Å²) in [6.07, 6.45) is 3.54. The standard InChI is InChI=1S/C15H23NO2/c1-4-5-6-13-7-9-14(10-8-13)16(3)11-12(2)15(17)18/h7-10,12H,4-6,11H2,1-3H3,(H,17,18). The minimum atomic E-state index is -0.749. The van der Waals surface area contributed by atoms with Gasteiger partial charge in [-0.05, 0) is 30.5 Å². The Kier molecular flexibility index (Phi) is 5.69. The molecule has 0 aliphatic carbocycles. The van der Waals surface area contributed by atoms with Gasteiger partial charge in [0, 0.05) is 19.3 Å². The first-order valence-corrected chi connectivity index (χ1v) is 6.57. The fourth-order valence-corrected chi connectivity index (χ4v) is 1.89. The van der Waals surface area contributed by atoms with Crippen molar-refractivity contribution in [1.29, 1.82) is 0 Å². The van der Waals surface area contributed by atoms with Crippen LogP contribution >= 0.6 is 0 Å². The predicted molar refractivity (Wildman–Crippen MR) is 75.1 cm³/mol. The Morgan fingerprint density at radius 2 is 1.94 bits per heavy atom. The highest BCUT2D eigenvalue weighted by molar-refractivity contribution is 5.70. The minimum Gasteiger partial charge on any atom is -0.481 e. The summed E-state index contributed by atoms with van der Waals surface area (Å²) in [7, 11) is 1.93. The van der Waals surface area contributed by atoms with E-state index < -0.39 is 5.97 Å². The van der Waals surface area contributed by atoms with Gasteiger partial charge in [-0.3, -0.25) is 4.79 Å². The highest BCUT2D eigenvalue weighted by Crippen LogP contribution is 2.16. The summed E-state index contributed by atoms with van der Waals surface area (Å²) in [6, 6.07) is 8.40. The average molecular weight is 249 g/mol. The first-order chi connectivity index (χ1) is 8.54. The number of carboxylic acids is 1. The third kappa shape index (κ3) is 4.40. The Balaban J connectivity index is 2.58. The highest BCUT2D eigenvalue weighted by Gasteiger charge is 2.13. The number of hydrogen-bond acceptors (Lipinski definition) is 2. The lowest BCUT2D eigenvalue weighted by molar-refractivity contribution is -0.140. The van der Waals surface area contributed by atoms with E-state index in [0.29, 0.717) is 6.54 Å². The number of carbonyl (C=O) groups is 1. The van der Waals surface area contributed by atoms with Crippen LogP contribution in [0.25, 0.3) is 0 Å². The van der Waals surface area contributed by atoms with E-state index >= 15 is 0 Å². The Labute approximate surface area is 109 Å². The second-order valence-electron chi connectivity index (χ2n) is 4.89. The number of carboxylic acid groups (broad SMARTS) is 1. The molecule has 0 aliphatic rings. The zero-order valence-electron chi connectivity index (χ0n) is 11.5. The molecule has 0 spiro atoms. The molecule has 1 N–H and O–H groups in total. The van der Waals surface area contributed by atoms with Crippen molar-refractivity contribution in [3.8, 4) is 0 Å². The molecule has 0 amide bonds. The normalized spacial score (nSPS) is 12.2. The van der Waals surface area contributed by atoms with Gasteiger partial charge in [0.1, 0.15) is 0 Å². The van der Waals surface area contributed by atoms with Crippen LogP contribution in [0.5, 0.6) is 0 Å². The van der Waals surface area contributed by atoms with E-state index in [4.69, 9.17) is 5.11 Å². The monoisotopic (exact) mass is 249 g/mol. The Hall–Kier alpha value is -1.51. The van der Waals surface area contributed by atoms with E-state index in [9.17, 15) is 4.79 Å². The molecule has 1 aromatic carbocycles. The molecular formula is C15H23NO2. The summed E-state index contributed by atoms with van der Waals surface area (Å²) in [5.74, 6) is -1.10. The molecule has 0 heterocycles. The SMILES string of the molecule is CCCCc1ccc(N(C)CC(C)C(=O)O)cc1. The second-order valence-corrected chi connectivity index (χ2v) is 4.89. The van der Waals surface area contributed by atoms with Gasteiger partial charge in [-0.25, -0.2) is 0 Å². The van der Waals surface area contributed by atoms with Crippen molar-refractivity contribution < 1.29 is 9.90 Å². The van der Waals surface area contributed by atoms with Gasteiger partial charge < -0.3 is 10.0 Å². The van der Waals surface area contributed by atoms with Crippen LogP contribution in [0.15, 0.2) is 24.3 Å². The number of rotatable bonds is 7. The van der Waals surface area contributed by atoms with Gasteiger partial charge in [0.25, 0.3) is 0 Å². The molecule has 0 saturated heterocycles. The van der Waals surface area contributed by atoms with Crippen LogP contribution in [0, 0.1) is 5.92 Å². The van der Waals surface area contributed by atoms with Crippen LogP contribution in [-0.4, -0.2) is 24.7 Å². The third-order valence-electron chi connectivity index (χ3n) is 3.17. The van der Waals surface area contributed by atoms with Crippen LogP contribution in [0.4, 0.5) is 5.69 Å². The number of aliphatic carboxylic acids is 1. The molecule has 1 rings (SSSR count). The molecule has 0 bridgehead atoms. The van der Waals surface area contributed by atoms with Crippen molar-refractivity contribution in [3.05, 3.63) is 29.8 Å². The minimum absolute atomic E-state index is 0.352. The van der Waals surface area contributed by atoms with Crippen molar-refractivity contribution in [3.63, 3.8) is 0 Å². The van der Waals surface area contributed by atoms with Gasteiger partial charge >= 0.3 is 5.97 Å². The van der Waals surface area contributed by atoms with Crippen LogP contribution in [0.3, 0.4) is 0 Å². The lowest BCUT2D eigenvalue weighted by Gasteiger charge is -2.21. The fraction of sp³-hybridized carbons (Fsp3) is 0.533. The number of aryl methyl sites for hydroxylation is 1. The van der Waals surface area contributed by atoms with E-state index in [-0.39, 0.29) is 5.92 Å². The molecule has 1 atom stereocenters. The summed E-state index contributed by atoms with van der Waals surface area (Å²) < 4.78 is 0. The summed E-state index contributed by atoms with van der Waals surface area (Å²) in [6.45, 7) is 4.45. The first kappa shape index (κ1) is 14.6. The zero-order valence-corrected chi connectivity index (χ0v) is 11.5. The van der Waals surface area contributed by atoms with Gasteiger partial charge in [0.05, 0.1) is 5.92 Å². The van der Waals surface area contributed by atoms with Crippen molar-refractivity contribution in [2.75, 3.05) is 18.5 Å². The summed E-state index contributed by atoms with van der Waals surface area (Å²) in [5, 5.41) is 8.89. The third-order valence-corrected chi connectivity index (χ3v) is 3.17. The van der Waals surface area contributed by atoms with Gasteiger partial charge in [-0.15, -0.1) is 0 Å². The number of hydrogen-bond donors (Lipinski definition) is 1. The summed E-state index contributed by atoms with van der Waals surface area (Å²) >= 11 is 0. The van der Waals surface area contributed by atoms with Gasteiger partial charge in [-0.2, -0.15) is 0 Å². The number of unbranched alkanes of at least 4 members (excludes halogenated alkanes) is 1. The average Bonchev–Trinajstić information content (AvgIpc) is 2.36. The largest absolute Gasteiger partial charge is 0.481 e. The molecule has 0 fully saturated rings. The Morgan fingerprint density at radius 3 is 2.44 bits per heavy atom. The lowest BCUT2D eigenvalue weighted by Crippen LogP contribution is -2.28. The first-order valence-electron chi connectivity index (χ1n) is 6.57. The van der Waals surface area contributed by atoms with Crippen LogP contribution in [0.2, 0.25) is 0 Å². The number of nitrogens with zero attached hydrogens (tertiary/aromatic N) is 1. The molecule has 3 heteroatoms. The summed E-state index contributed by atoms with van der Waals surface area (Å²) in [4.78, 5) is 12.8. The molecule has 100 valence electrons. The van der Waals surface area contributed by atoms with Crippen molar-refractivity contribution in [2.45, 2.75) is 33.1 Å². The predicted octanol–water partition coefficient (Wildman–Crippen LogP) is 3.19. The van der Waals surface area contributed by atoms with E-state index in [1.807, 2.05) is 11.9 Å². The molecule has 0 aromatic heterocycles. The van der Waals surface area contributed by atoms with E-state index in [0.717, 1.165) is 12.1 Å². The molecule has 0 aliphatic heterocycles. The molecular weight excluding hydrogens is 226 g/mol. The van der Waals surface area contributed by atoms with Crippen molar-refractivity contribution in [1.82, 2.24) is 0 Å². The van der Waals surface area contributed by atoms with Crippen LogP contribution in [0.1, 0.15) is 32.3 Å². The molecule has 3 nitrogen and oxygen atoms in total. The fourth-order valence-electron chi connectivity index (χ4n) is 1.89. The number of benzene rings is 1. The quantitative estimate of drug-likeness (QED) is 0.806. The van der Waals surface area contributed by atoms with Gasteiger partial charge in [0.2, 0.25) is 0 Å². The second kappa shape index (κ2) is 7.04. The summed E-state index contributed by atoms with van der Waals surface area (Å²) in [5.41, 5.74) is 2.42. The van der Waals surface area contributed by atoms with E-state index in [1.165, 1.54) is 18.4 Å². The Morgan fingerprint density at radius 1 is 1.33 bits per heavy atom. The zero-order chi connectivity index (χ0) is 13.5. The van der Waals surface area contributed by atoms with Crippen LogP contribution in [-0.2, 0) is 11.2 Å². The van der Waals surface area contributed by atoms with E-state index in [2.05, 4.69) is 31.2 Å². The molecule has 18 heavy (non-hydrogen) atoms. The van der Waals surface area contributed by atoms with Crippen LogP contribution < -0.4 is 4.90 Å². The Bertz CT molecular complexity index is 373. The van der Waals surface area contributed by atoms with Crippen molar-refractivity contribution in [2.24, 2.45) is 5.92 Å².